The first kappa shape index (κ1) is 17.2. The largest absolute Gasteiger partial charge is 0.417 e. The van der Waals surface area contributed by atoms with Crippen LogP contribution in [0, 0.1) is 6.92 Å². The number of aryl methyl sites for hydroxylation is 1. The highest BCUT2D eigenvalue weighted by Crippen LogP contribution is 2.37. The first-order valence-corrected chi connectivity index (χ1v) is 8.52. The maximum Gasteiger partial charge on any atom is 0.417 e. The molecular weight excluding hydrogens is 357 g/mol. The fourth-order valence-corrected chi connectivity index (χ4v) is 3.38. The number of aromatic nitrogens is 2. The van der Waals surface area contributed by atoms with Crippen molar-refractivity contribution in [2.75, 3.05) is 5.73 Å². The molecule has 6 nitrogen and oxygen atoms in total. The van der Waals surface area contributed by atoms with Gasteiger partial charge in [0, 0.05) is 5.69 Å². The zero-order valence-electron chi connectivity index (χ0n) is 12.9. The van der Waals surface area contributed by atoms with Gasteiger partial charge in [-0.25, -0.2) is 18.5 Å². The van der Waals surface area contributed by atoms with E-state index in [-0.39, 0.29) is 17.0 Å². The van der Waals surface area contributed by atoms with Gasteiger partial charge >= 0.3 is 6.18 Å². The van der Waals surface area contributed by atoms with E-state index in [0.717, 1.165) is 11.6 Å². The normalized spacial score (nSPS) is 12.7. The highest BCUT2D eigenvalue weighted by molar-refractivity contribution is 7.89. The summed E-state index contributed by atoms with van der Waals surface area (Å²) in [5.74, 6) is -0.0692. The van der Waals surface area contributed by atoms with Gasteiger partial charge in [0.05, 0.1) is 21.5 Å². The summed E-state index contributed by atoms with van der Waals surface area (Å²) < 4.78 is 64.3. The zero-order chi connectivity index (χ0) is 18.6. The molecule has 0 bridgehead atoms. The number of hydrogen-bond acceptors (Lipinski definition) is 4. The molecular formula is C15H13F3N4O2S. The van der Waals surface area contributed by atoms with E-state index in [1.54, 1.807) is 18.2 Å². The third kappa shape index (κ3) is 3.05. The molecule has 0 radical (unpaired) electrons. The van der Waals surface area contributed by atoms with Gasteiger partial charge in [-0.15, -0.1) is 0 Å². The van der Waals surface area contributed by atoms with E-state index >= 15 is 0 Å². The van der Waals surface area contributed by atoms with Crippen LogP contribution in [0.4, 0.5) is 19.1 Å². The summed E-state index contributed by atoms with van der Waals surface area (Å²) in [7, 11) is -4.61. The van der Waals surface area contributed by atoms with Gasteiger partial charge in [-0.2, -0.15) is 13.2 Å². The number of hydrogen-bond donors (Lipinski definition) is 2. The number of sulfonamides is 1. The van der Waals surface area contributed by atoms with Gasteiger partial charge in [-0.1, -0.05) is 12.1 Å². The second kappa shape index (κ2) is 5.46. The molecule has 3 aromatic rings. The van der Waals surface area contributed by atoms with Crippen LogP contribution >= 0.6 is 0 Å². The van der Waals surface area contributed by atoms with E-state index in [2.05, 4.69) is 4.98 Å². The van der Waals surface area contributed by atoms with Crippen LogP contribution in [0.3, 0.4) is 0 Å². The van der Waals surface area contributed by atoms with Crippen molar-refractivity contribution in [3.8, 4) is 5.69 Å². The fraction of sp³-hybridized carbons (Fsp3) is 0.133. The molecule has 0 amide bonds. The summed E-state index contributed by atoms with van der Waals surface area (Å²) >= 11 is 0. The molecule has 25 heavy (non-hydrogen) atoms. The summed E-state index contributed by atoms with van der Waals surface area (Å²) in [6.07, 6.45) is -4.90. The van der Waals surface area contributed by atoms with E-state index in [4.69, 9.17) is 10.9 Å². The number of rotatable bonds is 2. The molecule has 3 rings (SSSR count). The van der Waals surface area contributed by atoms with Crippen molar-refractivity contribution in [2.45, 2.75) is 18.0 Å². The van der Waals surface area contributed by atoms with Crippen LogP contribution in [-0.4, -0.2) is 18.0 Å². The van der Waals surface area contributed by atoms with Gasteiger partial charge in [-0.3, -0.25) is 4.57 Å². The van der Waals surface area contributed by atoms with Crippen molar-refractivity contribution >= 4 is 27.0 Å². The number of primary sulfonamides is 1. The average Bonchev–Trinajstić information content (AvgIpc) is 2.79. The molecule has 0 aliphatic heterocycles. The minimum Gasteiger partial charge on any atom is -0.369 e. The molecule has 1 aromatic heterocycles. The van der Waals surface area contributed by atoms with Crippen LogP contribution in [0.15, 0.2) is 41.3 Å². The minimum absolute atomic E-state index is 0.0692. The Morgan fingerprint density at radius 2 is 1.84 bits per heavy atom. The monoisotopic (exact) mass is 370 g/mol. The van der Waals surface area contributed by atoms with Gasteiger partial charge in [-0.05, 0) is 36.8 Å². The van der Waals surface area contributed by atoms with Crippen molar-refractivity contribution in [2.24, 2.45) is 5.14 Å². The van der Waals surface area contributed by atoms with Gasteiger partial charge in [0.25, 0.3) is 0 Å². The molecule has 0 fully saturated rings. The summed E-state index contributed by atoms with van der Waals surface area (Å²) in [6, 6.07) is 8.47. The van der Waals surface area contributed by atoms with Gasteiger partial charge < -0.3 is 5.73 Å². The Bertz CT molecular complexity index is 1090. The molecule has 0 spiro atoms. The molecule has 0 aliphatic rings. The number of alkyl halides is 3. The number of nitrogens with zero attached hydrogens (tertiary/aromatic N) is 2. The Kier molecular flexibility index (Phi) is 3.77. The number of nitrogen functional groups attached to an aromatic ring is 1. The van der Waals surface area contributed by atoms with Crippen molar-refractivity contribution in [1.29, 1.82) is 0 Å². The lowest BCUT2D eigenvalue weighted by Crippen LogP contribution is -2.19. The van der Waals surface area contributed by atoms with E-state index < -0.39 is 26.7 Å². The molecule has 2 aromatic carbocycles. The standard InChI is InChI=1S/C15H13F3N4O2S/c1-8-3-2-4-9(5-8)22-12-7-13(25(20,23)24)10(15(16,17)18)6-11(12)21-14(22)19/h2-7H,1H3,(H2,19,21)(H2,20,23,24). The topological polar surface area (TPSA) is 104 Å². The highest BCUT2D eigenvalue weighted by Gasteiger charge is 2.37. The van der Waals surface area contributed by atoms with Gasteiger partial charge in [0.15, 0.2) is 0 Å². The van der Waals surface area contributed by atoms with Crippen molar-refractivity contribution in [3.05, 3.63) is 47.5 Å². The summed E-state index contributed by atoms with van der Waals surface area (Å²) in [6.45, 7) is 1.83. The van der Waals surface area contributed by atoms with Crippen LogP contribution < -0.4 is 10.9 Å². The van der Waals surface area contributed by atoms with E-state index in [9.17, 15) is 21.6 Å². The summed E-state index contributed by atoms with van der Waals surface area (Å²) in [5, 5.41) is 4.98. The third-order valence-electron chi connectivity index (χ3n) is 3.65. The van der Waals surface area contributed by atoms with Gasteiger partial charge in [0.2, 0.25) is 16.0 Å². The van der Waals surface area contributed by atoms with Crippen LogP contribution in [0.5, 0.6) is 0 Å². The lowest BCUT2D eigenvalue weighted by molar-refractivity contribution is -0.139. The van der Waals surface area contributed by atoms with E-state index in [1.165, 1.54) is 4.57 Å². The molecule has 1 heterocycles. The number of benzene rings is 2. The molecule has 0 unspecified atom stereocenters. The number of halogens is 3. The van der Waals surface area contributed by atoms with Crippen LogP contribution in [0.1, 0.15) is 11.1 Å². The Labute approximate surface area is 140 Å². The molecule has 0 saturated heterocycles. The van der Waals surface area contributed by atoms with Gasteiger partial charge in [0.1, 0.15) is 0 Å². The van der Waals surface area contributed by atoms with E-state index in [1.807, 2.05) is 13.0 Å². The Morgan fingerprint density at radius 3 is 2.40 bits per heavy atom. The van der Waals surface area contributed by atoms with Crippen molar-refractivity contribution in [1.82, 2.24) is 9.55 Å². The minimum atomic E-state index is -4.90. The molecule has 10 heteroatoms. The molecule has 0 atom stereocenters. The predicted molar refractivity (Wildman–Crippen MR) is 86.6 cm³/mol. The van der Waals surface area contributed by atoms with E-state index in [0.29, 0.717) is 11.8 Å². The quantitative estimate of drug-likeness (QED) is 0.723. The summed E-state index contributed by atoms with van der Waals surface area (Å²) in [5.41, 5.74) is 5.92. The smallest absolute Gasteiger partial charge is 0.369 e. The Hall–Kier alpha value is -2.59. The maximum atomic E-state index is 13.2. The molecule has 0 aliphatic carbocycles. The van der Waals surface area contributed by atoms with Crippen molar-refractivity contribution < 1.29 is 21.6 Å². The number of nitrogens with two attached hydrogens (primary N) is 2. The lowest BCUT2D eigenvalue weighted by atomic mass is 10.1. The first-order valence-electron chi connectivity index (χ1n) is 6.97. The second-order valence-electron chi connectivity index (χ2n) is 5.52. The number of anilines is 1. The molecule has 132 valence electrons. The fourth-order valence-electron chi connectivity index (χ4n) is 2.62. The highest BCUT2D eigenvalue weighted by atomic mass is 32.2. The Balaban J connectivity index is 2.42. The van der Waals surface area contributed by atoms with Crippen LogP contribution in [0.2, 0.25) is 0 Å². The second-order valence-corrected chi connectivity index (χ2v) is 7.05. The number of fused-ring (bicyclic) bond motifs is 1. The lowest BCUT2D eigenvalue weighted by Gasteiger charge is -2.13. The Morgan fingerprint density at radius 1 is 1.16 bits per heavy atom. The van der Waals surface area contributed by atoms with Crippen LogP contribution in [-0.2, 0) is 16.2 Å². The summed E-state index contributed by atoms with van der Waals surface area (Å²) in [4.78, 5) is 2.90. The average molecular weight is 370 g/mol. The maximum absolute atomic E-state index is 13.2. The number of imidazole rings is 1. The first-order chi connectivity index (χ1) is 11.5. The predicted octanol–water partition coefficient (Wildman–Crippen LogP) is 2.58. The third-order valence-corrected chi connectivity index (χ3v) is 4.60. The van der Waals surface area contributed by atoms with Crippen molar-refractivity contribution in [3.63, 3.8) is 0 Å². The van der Waals surface area contributed by atoms with Crippen LogP contribution in [0.25, 0.3) is 16.7 Å². The SMILES string of the molecule is Cc1cccc(-n2c(N)nc3cc(C(F)(F)F)c(S(N)(=O)=O)cc32)c1. The molecule has 4 N–H and O–H groups in total. The molecule has 0 saturated carbocycles. The zero-order valence-corrected chi connectivity index (χ0v) is 13.7.